The van der Waals surface area contributed by atoms with Gasteiger partial charge in [0.05, 0.1) is 11.3 Å². The molecular weight excluding hydrogens is 423 g/mol. The van der Waals surface area contributed by atoms with E-state index in [1.165, 1.54) is 17.8 Å². The van der Waals surface area contributed by atoms with E-state index in [1.54, 1.807) is 22.8 Å². The number of aromatic nitrogens is 3. The molecule has 0 aliphatic heterocycles. The number of rotatable bonds is 7. The van der Waals surface area contributed by atoms with Gasteiger partial charge in [0, 0.05) is 11.4 Å². The Bertz CT molecular complexity index is 1240. The molecule has 4 aromatic rings. The first-order valence-electron chi connectivity index (χ1n) is 10.4. The summed E-state index contributed by atoms with van der Waals surface area (Å²) in [5.41, 5.74) is 4.13. The summed E-state index contributed by atoms with van der Waals surface area (Å²) < 4.78 is 16.3. The number of halogens is 1. The Hall–Kier alpha value is -3.45. The highest BCUT2D eigenvalue weighted by Gasteiger charge is 2.19. The van der Waals surface area contributed by atoms with E-state index in [1.807, 2.05) is 55.5 Å². The van der Waals surface area contributed by atoms with E-state index in [9.17, 15) is 9.18 Å². The number of carbonyl (C=O) groups excluding carboxylic acids is 1. The topological polar surface area (TPSA) is 59.8 Å². The number of thioether (sulfide) groups is 1. The van der Waals surface area contributed by atoms with E-state index < -0.39 is 0 Å². The molecule has 1 amide bonds. The molecule has 7 heteroatoms. The lowest BCUT2D eigenvalue weighted by Gasteiger charge is -2.13. The molecule has 0 fully saturated rings. The molecule has 1 N–H and O–H groups in total. The Morgan fingerprint density at radius 3 is 2.50 bits per heavy atom. The second-order valence-electron chi connectivity index (χ2n) is 7.26. The van der Waals surface area contributed by atoms with Crippen molar-refractivity contribution in [2.45, 2.75) is 25.4 Å². The van der Waals surface area contributed by atoms with Gasteiger partial charge in [0.1, 0.15) is 5.82 Å². The predicted octanol–water partition coefficient (Wildman–Crippen LogP) is 5.68. The average Bonchev–Trinajstić information content (AvgIpc) is 3.23. The highest BCUT2D eigenvalue weighted by molar-refractivity contribution is 7.99. The van der Waals surface area contributed by atoms with Crippen LogP contribution < -0.4 is 5.32 Å². The van der Waals surface area contributed by atoms with Crippen molar-refractivity contribution < 1.29 is 9.18 Å². The number of anilines is 1. The van der Waals surface area contributed by atoms with Crippen molar-refractivity contribution in [2.75, 3.05) is 11.1 Å². The van der Waals surface area contributed by atoms with Crippen molar-refractivity contribution in [2.24, 2.45) is 0 Å². The lowest BCUT2D eigenvalue weighted by Crippen LogP contribution is -2.16. The number of amides is 1. The standard InChI is InChI=1S/C25H23FN4OS/c1-3-18-11-9-10-17(2)23(18)27-22(31)16-32-25-29-28-24(20-14-7-8-15-21(20)26)30(25)19-12-5-4-6-13-19/h4-15H,3,16H2,1-2H3,(H,27,31). The first-order chi connectivity index (χ1) is 15.6. The predicted molar refractivity (Wildman–Crippen MR) is 127 cm³/mol. The van der Waals surface area contributed by atoms with Gasteiger partial charge in [0.2, 0.25) is 5.91 Å². The number of benzene rings is 3. The van der Waals surface area contributed by atoms with E-state index in [-0.39, 0.29) is 17.5 Å². The van der Waals surface area contributed by atoms with Gasteiger partial charge in [-0.3, -0.25) is 9.36 Å². The number of hydrogen-bond acceptors (Lipinski definition) is 4. The van der Waals surface area contributed by atoms with Gasteiger partial charge < -0.3 is 5.32 Å². The second kappa shape index (κ2) is 9.78. The van der Waals surface area contributed by atoms with Crippen LogP contribution in [0.1, 0.15) is 18.1 Å². The molecule has 0 bridgehead atoms. The SMILES string of the molecule is CCc1cccc(C)c1NC(=O)CSc1nnc(-c2ccccc2F)n1-c1ccccc1. The van der Waals surface area contributed by atoms with Crippen LogP contribution in [0.5, 0.6) is 0 Å². The molecule has 4 rings (SSSR count). The molecule has 0 saturated carbocycles. The number of para-hydroxylation sites is 2. The molecule has 0 atom stereocenters. The van der Waals surface area contributed by atoms with Crippen molar-refractivity contribution in [3.63, 3.8) is 0 Å². The summed E-state index contributed by atoms with van der Waals surface area (Å²) in [7, 11) is 0. The van der Waals surface area contributed by atoms with Crippen LogP contribution in [0.25, 0.3) is 17.1 Å². The Balaban J connectivity index is 1.61. The van der Waals surface area contributed by atoms with Gasteiger partial charge in [-0.05, 0) is 48.7 Å². The normalized spacial score (nSPS) is 10.8. The largest absolute Gasteiger partial charge is 0.325 e. The molecule has 0 radical (unpaired) electrons. The van der Waals surface area contributed by atoms with Gasteiger partial charge in [-0.25, -0.2) is 4.39 Å². The fraction of sp³-hybridized carbons (Fsp3) is 0.160. The summed E-state index contributed by atoms with van der Waals surface area (Å²) >= 11 is 1.26. The number of carbonyl (C=O) groups is 1. The van der Waals surface area contributed by atoms with E-state index in [2.05, 4.69) is 22.4 Å². The van der Waals surface area contributed by atoms with Gasteiger partial charge in [-0.1, -0.05) is 67.2 Å². The first-order valence-corrected chi connectivity index (χ1v) is 11.3. The quantitative estimate of drug-likeness (QED) is 0.371. The molecule has 5 nitrogen and oxygen atoms in total. The lowest BCUT2D eigenvalue weighted by molar-refractivity contribution is -0.113. The van der Waals surface area contributed by atoms with Crippen LogP contribution >= 0.6 is 11.8 Å². The van der Waals surface area contributed by atoms with E-state index in [4.69, 9.17) is 0 Å². The minimum atomic E-state index is -0.377. The summed E-state index contributed by atoms with van der Waals surface area (Å²) in [4.78, 5) is 12.7. The third-order valence-electron chi connectivity index (χ3n) is 5.10. The molecule has 32 heavy (non-hydrogen) atoms. The first kappa shape index (κ1) is 21.8. The molecule has 1 aromatic heterocycles. The fourth-order valence-corrected chi connectivity index (χ4v) is 4.25. The maximum absolute atomic E-state index is 14.5. The lowest BCUT2D eigenvalue weighted by atomic mass is 10.1. The van der Waals surface area contributed by atoms with Crippen LogP contribution in [0.4, 0.5) is 10.1 Å². The summed E-state index contributed by atoms with van der Waals surface area (Å²) in [5.74, 6) is 0.0381. The van der Waals surface area contributed by atoms with Crippen LogP contribution in [-0.2, 0) is 11.2 Å². The van der Waals surface area contributed by atoms with Crippen LogP contribution in [-0.4, -0.2) is 26.4 Å². The minimum absolute atomic E-state index is 0.131. The molecule has 3 aromatic carbocycles. The molecule has 1 heterocycles. The molecule has 0 aliphatic rings. The fourth-order valence-electron chi connectivity index (χ4n) is 3.50. The van der Waals surface area contributed by atoms with Crippen LogP contribution in [0, 0.1) is 12.7 Å². The second-order valence-corrected chi connectivity index (χ2v) is 8.20. The van der Waals surface area contributed by atoms with E-state index in [0.29, 0.717) is 16.5 Å². The van der Waals surface area contributed by atoms with Crippen LogP contribution in [0.15, 0.2) is 78.0 Å². The maximum Gasteiger partial charge on any atom is 0.234 e. The molecule has 0 saturated heterocycles. The van der Waals surface area contributed by atoms with E-state index in [0.717, 1.165) is 28.9 Å². The Morgan fingerprint density at radius 1 is 1.00 bits per heavy atom. The average molecular weight is 447 g/mol. The van der Waals surface area contributed by atoms with Crippen LogP contribution in [0.2, 0.25) is 0 Å². The van der Waals surface area contributed by atoms with E-state index >= 15 is 0 Å². The third-order valence-corrected chi connectivity index (χ3v) is 6.03. The Morgan fingerprint density at radius 2 is 1.75 bits per heavy atom. The number of nitrogens with zero attached hydrogens (tertiary/aromatic N) is 3. The van der Waals surface area contributed by atoms with Gasteiger partial charge in [-0.2, -0.15) is 0 Å². The monoisotopic (exact) mass is 446 g/mol. The zero-order chi connectivity index (χ0) is 22.5. The van der Waals surface area contributed by atoms with Gasteiger partial charge in [0.25, 0.3) is 0 Å². The minimum Gasteiger partial charge on any atom is -0.325 e. The van der Waals surface area contributed by atoms with Crippen molar-refractivity contribution in [1.82, 2.24) is 14.8 Å². The van der Waals surface area contributed by atoms with Crippen LogP contribution in [0.3, 0.4) is 0 Å². The number of nitrogens with one attached hydrogen (secondary N) is 1. The van der Waals surface area contributed by atoms with Gasteiger partial charge >= 0.3 is 0 Å². The smallest absolute Gasteiger partial charge is 0.234 e. The zero-order valence-corrected chi connectivity index (χ0v) is 18.7. The summed E-state index contributed by atoms with van der Waals surface area (Å²) in [6, 6.07) is 22.0. The molecular formula is C25H23FN4OS. The molecule has 0 spiro atoms. The number of hydrogen-bond donors (Lipinski definition) is 1. The highest BCUT2D eigenvalue weighted by Crippen LogP contribution is 2.29. The summed E-state index contributed by atoms with van der Waals surface area (Å²) in [6.07, 6.45) is 0.832. The maximum atomic E-state index is 14.5. The molecule has 0 unspecified atom stereocenters. The van der Waals surface area contributed by atoms with Crippen molar-refractivity contribution >= 4 is 23.4 Å². The van der Waals surface area contributed by atoms with Crippen molar-refractivity contribution in [1.29, 1.82) is 0 Å². The third kappa shape index (κ3) is 4.57. The Kier molecular flexibility index (Phi) is 6.66. The Labute approximate surface area is 190 Å². The number of aryl methyl sites for hydroxylation is 2. The summed E-state index contributed by atoms with van der Waals surface area (Å²) in [6.45, 7) is 4.04. The van der Waals surface area contributed by atoms with Crippen molar-refractivity contribution in [3.05, 3.63) is 89.7 Å². The molecule has 0 aliphatic carbocycles. The van der Waals surface area contributed by atoms with Crippen molar-refractivity contribution in [3.8, 4) is 17.1 Å². The zero-order valence-electron chi connectivity index (χ0n) is 17.9. The van der Waals surface area contributed by atoms with Gasteiger partial charge in [0.15, 0.2) is 11.0 Å². The van der Waals surface area contributed by atoms with Gasteiger partial charge in [-0.15, -0.1) is 10.2 Å². The summed E-state index contributed by atoms with van der Waals surface area (Å²) in [5, 5.41) is 12.1. The highest BCUT2D eigenvalue weighted by atomic mass is 32.2. The molecule has 162 valence electrons.